The van der Waals surface area contributed by atoms with E-state index in [-0.39, 0.29) is 24.5 Å². The van der Waals surface area contributed by atoms with Gasteiger partial charge in [-0.2, -0.15) is 18.2 Å². The van der Waals surface area contributed by atoms with Crippen LogP contribution >= 0.6 is 0 Å². The lowest BCUT2D eigenvalue weighted by atomic mass is 10.0. The van der Waals surface area contributed by atoms with Crippen LogP contribution in [0, 0.1) is 19.7 Å². The van der Waals surface area contributed by atoms with Crippen molar-refractivity contribution in [2.75, 3.05) is 0 Å². The van der Waals surface area contributed by atoms with E-state index < -0.39 is 28.8 Å². The van der Waals surface area contributed by atoms with Crippen molar-refractivity contribution in [1.29, 1.82) is 0 Å². The summed E-state index contributed by atoms with van der Waals surface area (Å²) in [6.45, 7) is 4.07. The average Bonchev–Trinajstić information content (AvgIpc) is 2.70. The van der Waals surface area contributed by atoms with Crippen LogP contribution in [0.25, 0.3) is 22.6 Å². The molecule has 10 heteroatoms. The van der Waals surface area contributed by atoms with Gasteiger partial charge in [0.05, 0.1) is 16.6 Å². The van der Waals surface area contributed by atoms with Gasteiger partial charge in [-0.15, -0.1) is 0 Å². The molecule has 1 N–H and O–H groups in total. The Morgan fingerprint density at radius 2 is 1.75 bits per heavy atom. The largest absolute Gasteiger partial charge is 0.419 e. The van der Waals surface area contributed by atoms with Crippen molar-refractivity contribution in [3.8, 4) is 11.5 Å². The number of alkyl halides is 3. The number of H-pyrrole nitrogens is 1. The number of benzene rings is 2. The van der Waals surface area contributed by atoms with E-state index in [1.807, 2.05) is 26.0 Å². The second-order valence-corrected chi connectivity index (χ2v) is 7.65. The molecule has 0 amide bonds. The number of hydrogen-bond acceptors (Lipinski definition) is 4. The molecule has 32 heavy (non-hydrogen) atoms. The van der Waals surface area contributed by atoms with Gasteiger partial charge in [0.2, 0.25) is 0 Å². The number of aromatic nitrogens is 4. The van der Waals surface area contributed by atoms with Crippen LogP contribution < -0.4 is 11.2 Å². The maximum atomic E-state index is 13.5. The second kappa shape index (κ2) is 7.85. The number of nitrogens with zero attached hydrogens (tertiary/aromatic N) is 3. The molecule has 2 aromatic carbocycles. The van der Waals surface area contributed by atoms with Gasteiger partial charge in [-0.1, -0.05) is 6.07 Å². The van der Waals surface area contributed by atoms with E-state index in [2.05, 4.69) is 15.0 Å². The Morgan fingerprint density at radius 3 is 2.47 bits per heavy atom. The molecule has 0 aliphatic carbocycles. The van der Waals surface area contributed by atoms with Crippen molar-refractivity contribution < 1.29 is 17.6 Å². The van der Waals surface area contributed by atoms with Crippen LogP contribution in [0.3, 0.4) is 0 Å². The lowest BCUT2D eigenvalue weighted by Crippen LogP contribution is -2.29. The van der Waals surface area contributed by atoms with Gasteiger partial charge in [-0.05, 0) is 67.6 Å². The van der Waals surface area contributed by atoms with Crippen molar-refractivity contribution in [2.24, 2.45) is 0 Å². The first-order valence-electron chi connectivity index (χ1n) is 9.82. The summed E-state index contributed by atoms with van der Waals surface area (Å²) in [6.07, 6.45) is -4.20. The van der Waals surface area contributed by atoms with Crippen LogP contribution in [0.1, 0.15) is 28.7 Å². The zero-order chi connectivity index (χ0) is 23.2. The Bertz CT molecular complexity index is 1420. The SMILES string of the molecule is Cc1cc2nc3c(=O)[nH]c(=O)nc-3n(CCCc3ccc(F)c(C(F)(F)F)c3)c2cc1C. The van der Waals surface area contributed by atoms with Crippen LogP contribution in [0.2, 0.25) is 0 Å². The zero-order valence-electron chi connectivity index (χ0n) is 17.2. The Hall–Kier alpha value is -3.56. The summed E-state index contributed by atoms with van der Waals surface area (Å²) in [5, 5.41) is 0. The molecule has 0 aromatic heterocycles. The molecule has 4 rings (SSSR count). The summed E-state index contributed by atoms with van der Waals surface area (Å²) in [5.74, 6) is -1.22. The smallest absolute Gasteiger partial charge is 0.322 e. The number of hydrogen-bond donors (Lipinski definition) is 1. The Kier molecular flexibility index (Phi) is 5.31. The molecule has 0 saturated heterocycles. The maximum absolute atomic E-state index is 13.5. The molecule has 0 atom stereocenters. The lowest BCUT2D eigenvalue weighted by Gasteiger charge is -2.18. The van der Waals surface area contributed by atoms with Crippen molar-refractivity contribution in [3.63, 3.8) is 0 Å². The first-order valence-corrected chi connectivity index (χ1v) is 9.82. The van der Waals surface area contributed by atoms with Crippen molar-refractivity contribution in [3.05, 3.63) is 79.2 Å². The number of aryl methyl sites for hydroxylation is 4. The average molecular weight is 446 g/mol. The maximum Gasteiger partial charge on any atom is 0.419 e. The molecule has 2 aliphatic rings. The molecule has 2 aliphatic heterocycles. The van der Waals surface area contributed by atoms with E-state index in [4.69, 9.17) is 0 Å². The number of aromatic amines is 1. The highest BCUT2D eigenvalue weighted by atomic mass is 19.4. The molecule has 0 saturated carbocycles. The van der Waals surface area contributed by atoms with E-state index in [0.29, 0.717) is 23.0 Å². The van der Waals surface area contributed by atoms with Gasteiger partial charge in [0.15, 0.2) is 11.5 Å². The molecular formula is C22H18F4N4O2. The van der Waals surface area contributed by atoms with E-state index in [9.17, 15) is 27.2 Å². The number of nitrogens with one attached hydrogen (secondary N) is 1. The molecule has 166 valence electrons. The summed E-state index contributed by atoms with van der Waals surface area (Å²) < 4.78 is 54.2. The highest BCUT2D eigenvalue weighted by molar-refractivity contribution is 5.81. The highest BCUT2D eigenvalue weighted by Gasteiger charge is 2.34. The predicted octanol–water partition coefficient (Wildman–Crippen LogP) is 3.99. The van der Waals surface area contributed by atoms with Gasteiger partial charge in [-0.3, -0.25) is 9.78 Å². The van der Waals surface area contributed by atoms with Gasteiger partial charge in [0.25, 0.3) is 5.56 Å². The van der Waals surface area contributed by atoms with Gasteiger partial charge in [0.1, 0.15) is 5.82 Å². The van der Waals surface area contributed by atoms with E-state index >= 15 is 0 Å². The minimum absolute atomic E-state index is 0.00138. The molecule has 2 heterocycles. The fraction of sp³-hybridized carbons (Fsp3) is 0.273. The highest BCUT2D eigenvalue weighted by Crippen LogP contribution is 2.32. The van der Waals surface area contributed by atoms with Crippen LogP contribution in [0.4, 0.5) is 17.6 Å². The fourth-order valence-electron chi connectivity index (χ4n) is 3.66. The topological polar surface area (TPSA) is 80.6 Å². The van der Waals surface area contributed by atoms with Crippen LogP contribution in [-0.2, 0) is 19.1 Å². The van der Waals surface area contributed by atoms with Crippen LogP contribution in [0.15, 0.2) is 39.9 Å². The van der Waals surface area contributed by atoms with Crippen molar-refractivity contribution in [2.45, 2.75) is 39.4 Å². The van der Waals surface area contributed by atoms with Gasteiger partial charge in [-0.25, -0.2) is 14.2 Å². The molecule has 0 spiro atoms. The first-order chi connectivity index (χ1) is 15.0. The summed E-state index contributed by atoms with van der Waals surface area (Å²) in [4.78, 5) is 34.5. The molecule has 0 radical (unpaired) electrons. The normalized spacial score (nSPS) is 12.1. The standard InChI is InChI=1S/C22H18F4N4O2/c1-11-8-16-17(9-12(11)2)30(19-18(27-16)20(31)29-21(32)28-19)7-3-4-13-5-6-15(23)14(10-13)22(24,25)26/h5-6,8-10H,3-4,7H2,1-2H3,(H,29,31,32). The third-order valence-corrected chi connectivity index (χ3v) is 5.41. The summed E-state index contributed by atoms with van der Waals surface area (Å²) in [5.41, 5.74) is 0.654. The Labute approximate surface area is 178 Å². The summed E-state index contributed by atoms with van der Waals surface area (Å²) >= 11 is 0. The number of fused-ring (bicyclic) bond motifs is 2. The quantitative estimate of drug-likeness (QED) is 0.380. The van der Waals surface area contributed by atoms with Gasteiger partial charge >= 0.3 is 11.9 Å². The monoisotopic (exact) mass is 446 g/mol. The third kappa shape index (κ3) is 4.00. The van der Waals surface area contributed by atoms with Gasteiger partial charge < -0.3 is 4.57 Å². The van der Waals surface area contributed by atoms with Crippen molar-refractivity contribution >= 4 is 11.0 Å². The number of rotatable bonds is 4. The molecule has 0 bridgehead atoms. The molecule has 6 nitrogen and oxygen atoms in total. The lowest BCUT2D eigenvalue weighted by molar-refractivity contribution is -0.140. The van der Waals surface area contributed by atoms with Crippen molar-refractivity contribution in [1.82, 2.24) is 19.5 Å². The van der Waals surface area contributed by atoms with Gasteiger partial charge in [0, 0.05) is 6.54 Å². The first kappa shape index (κ1) is 21.7. The second-order valence-electron chi connectivity index (χ2n) is 7.65. The zero-order valence-corrected chi connectivity index (χ0v) is 17.2. The van der Waals surface area contributed by atoms with E-state index in [1.165, 1.54) is 6.07 Å². The third-order valence-electron chi connectivity index (χ3n) is 5.41. The summed E-state index contributed by atoms with van der Waals surface area (Å²) in [6, 6.07) is 6.60. The predicted molar refractivity (Wildman–Crippen MR) is 110 cm³/mol. The van der Waals surface area contributed by atoms with E-state index in [1.54, 1.807) is 4.57 Å². The van der Waals surface area contributed by atoms with Crippen LogP contribution in [-0.4, -0.2) is 19.5 Å². The fourth-order valence-corrected chi connectivity index (χ4v) is 3.66. The Morgan fingerprint density at radius 1 is 1.03 bits per heavy atom. The molecule has 0 fully saturated rings. The van der Waals surface area contributed by atoms with E-state index in [0.717, 1.165) is 23.3 Å². The molecular weight excluding hydrogens is 428 g/mol. The number of halogens is 4. The minimum atomic E-state index is -4.78. The molecule has 2 aromatic rings. The van der Waals surface area contributed by atoms with Crippen LogP contribution in [0.5, 0.6) is 0 Å². The minimum Gasteiger partial charge on any atom is -0.322 e. The Balaban J connectivity index is 1.74. The molecule has 0 unspecified atom stereocenters. The summed E-state index contributed by atoms with van der Waals surface area (Å²) in [7, 11) is 0.